The average molecular weight is 383 g/mol. The lowest BCUT2D eigenvalue weighted by atomic mass is 9.72. The minimum Gasteiger partial charge on any atom is -0.324 e. The SMILES string of the molecule is O=C(c1ccc(-n2cccc2)cc1)N1CCC2(C=CCCC2)Cc2ccccc21. The van der Waals surface area contributed by atoms with E-state index in [1.807, 2.05) is 59.8 Å². The summed E-state index contributed by atoms with van der Waals surface area (Å²) in [4.78, 5) is 15.5. The highest BCUT2D eigenvalue weighted by atomic mass is 16.2. The maximum atomic E-state index is 13.5. The highest BCUT2D eigenvalue weighted by molar-refractivity contribution is 6.06. The third-order valence-corrected chi connectivity index (χ3v) is 6.44. The van der Waals surface area contributed by atoms with E-state index in [1.165, 1.54) is 24.8 Å². The summed E-state index contributed by atoms with van der Waals surface area (Å²) in [5, 5.41) is 0. The Morgan fingerprint density at radius 3 is 2.45 bits per heavy atom. The van der Waals surface area contributed by atoms with Gasteiger partial charge in [-0.3, -0.25) is 4.79 Å². The van der Waals surface area contributed by atoms with E-state index in [4.69, 9.17) is 0 Å². The Morgan fingerprint density at radius 1 is 0.897 bits per heavy atom. The molecule has 0 bridgehead atoms. The lowest BCUT2D eigenvalue weighted by molar-refractivity contribution is 0.0985. The number of carbonyl (C=O) groups excluding carboxylic acids is 1. The number of carbonyl (C=O) groups is 1. The number of anilines is 1. The van der Waals surface area contributed by atoms with Crippen molar-refractivity contribution in [2.24, 2.45) is 5.41 Å². The molecule has 0 fully saturated rings. The number of benzene rings is 2. The Kier molecular flexibility index (Phi) is 4.59. The van der Waals surface area contributed by atoms with Crippen LogP contribution in [0.2, 0.25) is 0 Å². The summed E-state index contributed by atoms with van der Waals surface area (Å²) in [5.74, 6) is 0.0911. The van der Waals surface area contributed by atoms with Crippen molar-refractivity contribution in [2.45, 2.75) is 32.1 Å². The van der Waals surface area contributed by atoms with Gasteiger partial charge in [0.25, 0.3) is 5.91 Å². The highest BCUT2D eigenvalue weighted by Crippen LogP contribution is 2.43. The molecule has 1 atom stereocenters. The molecule has 1 amide bonds. The normalized spacial score (nSPS) is 21.0. The number of allylic oxidation sites excluding steroid dienone is 2. The molecule has 1 aromatic heterocycles. The summed E-state index contributed by atoms with van der Waals surface area (Å²) in [6.45, 7) is 0.763. The summed E-state index contributed by atoms with van der Waals surface area (Å²) < 4.78 is 2.05. The minimum absolute atomic E-state index is 0.0911. The van der Waals surface area contributed by atoms with Gasteiger partial charge in [-0.15, -0.1) is 0 Å². The van der Waals surface area contributed by atoms with Crippen LogP contribution in [0.25, 0.3) is 5.69 Å². The number of hydrogen-bond acceptors (Lipinski definition) is 1. The van der Waals surface area contributed by atoms with Crippen LogP contribution in [0, 0.1) is 5.41 Å². The third-order valence-electron chi connectivity index (χ3n) is 6.44. The van der Waals surface area contributed by atoms with E-state index in [1.54, 1.807) is 0 Å². The molecule has 5 rings (SSSR count). The van der Waals surface area contributed by atoms with Gasteiger partial charge >= 0.3 is 0 Å². The van der Waals surface area contributed by atoms with Crippen LogP contribution in [0.5, 0.6) is 0 Å². The van der Waals surface area contributed by atoms with E-state index >= 15 is 0 Å². The van der Waals surface area contributed by atoms with E-state index < -0.39 is 0 Å². The minimum atomic E-state index is 0.0911. The molecule has 0 saturated carbocycles. The number of nitrogens with zero attached hydrogens (tertiary/aromatic N) is 2. The van der Waals surface area contributed by atoms with Crippen LogP contribution in [0.15, 0.2) is 85.2 Å². The van der Waals surface area contributed by atoms with Crippen LogP contribution in [0.1, 0.15) is 41.6 Å². The van der Waals surface area contributed by atoms with Crippen LogP contribution in [0.3, 0.4) is 0 Å². The third kappa shape index (κ3) is 3.42. The van der Waals surface area contributed by atoms with Crippen molar-refractivity contribution in [1.29, 1.82) is 0 Å². The zero-order valence-corrected chi connectivity index (χ0v) is 16.6. The number of fused-ring (bicyclic) bond motifs is 1. The molecule has 0 saturated heterocycles. The van der Waals surface area contributed by atoms with Gasteiger partial charge in [0.1, 0.15) is 0 Å². The van der Waals surface area contributed by atoms with Crippen molar-refractivity contribution >= 4 is 11.6 Å². The average Bonchev–Trinajstić information content (AvgIpc) is 3.25. The monoisotopic (exact) mass is 382 g/mol. The van der Waals surface area contributed by atoms with Crippen molar-refractivity contribution in [2.75, 3.05) is 11.4 Å². The Hall–Kier alpha value is -3.07. The van der Waals surface area contributed by atoms with Crippen LogP contribution < -0.4 is 4.90 Å². The fourth-order valence-corrected chi connectivity index (χ4v) is 4.84. The molecule has 146 valence electrons. The van der Waals surface area contributed by atoms with Crippen molar-refractivity contribution in [1.82, 2.24) is 4.57 Å². The van der Waals surface area contributed by atoms with Crippen LogP contribution in [-0.2, 0) is 6.42 Å². The van der Waals surface area contributed by atoms with Gasteiger partial charge in [-0.2, -0.15) is 0 Å². The molecule has 1 unspecified atom stereocenters. The maximum absolute atomic E-state index is 13.5. The summed E-state index contributed by atoms with van der Waals surface area (Å²) in [6, 6.07) is 20.4. The molecule has 2 heterocycles. The fraction of sp³-hybridized carbons (Fsp3) is 0.269. The van der Waals surface area contributed by atoms with Gasteiger partial charge in [0.15, 0.2) is 0 Å². The number of aromatic nitrogens is 1. The summed E-state index contributed by atoms with van der Waals surface area (Å²) in [7, 11) is 0. The highest BCUT2D eigenvalue weighted by Gasteiger charge is 2.35. The Bertz CT molecular complexity index is 1030. The van der Waals surface area contributed by atoms with Crippen molar-refractivity contribution in [3.63, 3.8) is 0 Å². The Balaban J connectivity index is 1.46. The second-order valence-corrected chi connectivity index (χ2v) is 8.31. The van der Waals surface area contributed by atoms with Crippen molar-refractivity contribution < 1.29 is 4.79 Å². The largest absolute Gasteiger partial charge is 0.324 e. The first-order valence-electron chi connectivity index (χ1n) is 10.6. The van der Waals surface area contributed by atoms with Gasteiger partial charge < -0.3 is 9.47 Å². The first-order valence-corrected chi connectivity index (χ1v) is 10.6. The zero-order chi connectivity index (χ0) is 19.7. The predicted octanol–water partition coefficient (Wildman–Crippen LogP) is 5.80. The van der Waals surface area contributed by atoms with Gasteiger partial charge in [0.2, 0.25) is 0 Å². The molecule has 0 N–H and O–H groups in total. The van der Waals surface area contributed by atoms with Crippen molar-refractivity contribution in [3.05, 3.63) is 96.3 Å². The molecular weight excluding hydrogens is 356 g/mol. The molecule has 1 aliphatic heterocycles. The van der Waals surface area contributed by atoms with E-state index in [2.05, 4.69) is 34.9 Å². The molecule has 1 aliphatic carbocycles. The molecule has 2 aliphatic rings. The number of para-hydroxylation sites is 1. The topological polar surface area (TPSA) is 25.2 Å². The van der Waals surface area contributed by atoms with Gasteiger partial charge in [0, 0.05) is 35.9 Å². The van der Waals surface area contributed by atoms with E-state index in [-0.39, 0.29) is 11.3 Å². The first-order chi connectivity index (χ1) is 14.2. The number of hydrogen-bond donors (Lipinski definition) is 0. The van der Waals surface area contributed by atoms with Crippen LogP contribution in [-0.4, -0.2) is 17.0 Å². The molecular formula is C26H26N2O. The second kappa shape index (κ2) is 7.40. The molecule has 3 heteroatoms. The summed E-state index contributed by atoms with van der Waals surface area (Å²) >= 11 is 0. The molecule has 3 aromatic rings. The number of amides is 1. The smallest absolute Gasteiger partial charge is 0.258 e. The van der Waals surface area contributed by atoms with E-state index in [9.17, 15) is 4.79 Å². The first kappa shape index (κ1) is 18.0. The molecule has 2 aromatic carbocycles. The van der Waals surface area contributed by atoms with E-state index in [0.717, 1.165) is 36.3 Å². The van der Waals surface area contributed by atoms with Crippen LogP contribution >= 0.6 is 0 Å². The number of rotatable bonds is 2. The van der Waals surface area contributed by atoms with Gasteiger partial charge in [-0.25, -0.2) is 0 Å². The fourth-order valence-electron chi connectivity index (χ4n) is 4.84. The predicted molar refractivity (Wildman–Crippen MR) is 118 cm³/mol. The molecule has 3 nitrogen and oxygen atoms in total. The lowest BCUT2D eigenvalue weighted by Crippen LogP contribution is -2.33. The second-order valence-electron chi connectivity index (χ2n) is 8.31. The molecule has 29 heavy (non-hydrogen) atoms. The van der Waals surface area contributed by atoms with Gasteiger partial charge in [0.05, 0.1) is 0 Å². The lowest BCUT2D eigenvalue weighted by Gasteiger charge is -2.32. The molecule has 1 spiro atoms. The van der Waals surface area contributed by atoms with Gasteiger partial charge in [-0.1, -0.05) is 30.4 Å². The Morgan fingerprint density at radius 2 is 1.69 bits per heavy atom. The van der Waals surface area contributed by atoms with Gasteiger partial charge in [-0.05, 0) is 85.5 Å². The maximum Gasteiger partial charge on any atom is 0.258 e. The summed E-state index contributed by atoms with van der Waals surface area (Å²) in [5.41, 5.74) is 4.36. The molecule has 0 radical (unpaired) electrons. The summed E-state index contributed by atoms with van der Waals surface area (Å²) in [6.07, 6.45) is 14.5. The van der Waals surface area contributed by atoms with E-state index in [0.29, 0.717) is 0 Å². The van der Waals surface area contributed by atoms with Crippen molar-refractivity contribution in [3.8, 4) is 5.69 Å². The van der Waals surface area contributed by atoms with Crippen LogP contribution in [0.4, 0.5) is 5.69 Å². The zero-order valence-electron chi connectivity index (χ0n) is 16.6. The quantitative estimate of drug-likeness (QED) is 0.515. The standard InChI is InChI=1S/C26H26N2O/c29-25(21-10-12-23(13-11-21)27-17-6-7-18-27)28-19-16-26(14-4-1-5-15-26)20-22-8-2-3-9-24(22)28/h2-4,6-14,17-18H,1,5,15-16,19-20H2. The Labute approximate surface area is 172 Å².